The number of carboxylic acid groups (broad SMARTS) is 1. The molecule has 3 N–H and O–H groups in total. The molecule has 1 unspecified atom stereocenters. The molecular formula is C23H25F3N4O4S. The maximum Gasteiger partial charge on any atom is 0.490 e. The van der Waals surface area contributed by atoms with Gasteiger partial charge in [0, 0.05) is 41.8 Å². The van der Waals surface area contributed by atoms with Gasteiger partial charge in [0.15, 0.2) is 5.13 Å². The summed E-state index contributed by atoms with van der Waals surface area (Å²) >= 11 is 1.62. The fourth-order valence-electron chi connectivity index (χ4n) is 4.47. The zero-order valence-corrected chi connectivity index (χ0v) is 19.5. The summed E-state index contributed by atoms with van der Waals surface area (Å²) in [6.07, 6.45) is 1.94. The van der Waals surface area contributed by atoms with Crippen LogP contribution in [0.5, 0.6) is 0 Å². The van der Waals surface area contributed by atoms with Gasteiger partial charge in [0.05, 0.1) is 24.7 Å². The van der Waals surface area contributed by atoms with Gasteiger partial charge in [-0.3, -0.25) is 4.79 Å². The third-order valence-electron chi connectivity index (χ3n) is 6.26. The van der Waals surface area contributed by atoms with Crippen LogP contribution < -0.4 is 5.32 Å². The Labute approximate surface area is 203 Å². The number of carbonyl (C=O) groups excluding carboxylic acids is 1. The van der Waals surface area contributed by atoms with E-state index in [0.29, 0.717) is 19.1 Å². The van der Waals surface area contributed by atoms with Crippen molar-refractivity contribution in [2.24, 2.45) is 0 Å². The number of hydrogen-bond acceptors (Lipinski definition) is 6. The number of alkyl halides is 3. The van der Waals surface area contributed by atoms with E-state index in [4.69, 9.17) is 14.6 Å². The van der Waals surface area contributed by atoms with Crippen molar-refractivity contribution < 1.29 is 32.6 Å². The molecule has 8 nitrogen and oxygen atoms in total. The number of hydrogen-bond donors (Lipinski definition) is 3. The molecular weight excluding hydrogens is 485 g/mol. The van der Waals surface area contributed by atoms with E-state index in [1.165, 1.54) is 0 Å². The van der Waals surface area contributed by atoms with E-state index < -0.39 is 12.1 Å². The normalized spacial score (nSPS) is 19.4. The molecule has 2 fully saturated rings. The number of piperidine rings is 1. The van der Waals surface area contributed by atoms with Gasteiger partial charge in [0.25, 0.3) is 0 Å². The van der Waals surface area contributed by atoms with E-state index >= 15 is 0 Å². The summed E-state index contributed by atoms with van der Waals surface area (Å²) in [5, 5.41) is 14.7. The quantitative estimate of drug-likeness (QED) is 0.489. The molecule has 1 amide bonds. The number of carbonyl (C=O) groups is 2. The number of para-hydroxylation sites is 1. The van der Waals surface area contributed by atoms with Gasteiger partial charge < -0.3 is 25.0 Å². The maximum absolute atomic E-state index is 12.8. The molecule has 1 atom stereocenters. The summed E-state index contributed by atoms with van der Waals surface area (Å²) in [5.41, 5.74) is 2.07. The van der Waals surface area contributed by atoms with Crippen LogP contribution in [0.15, 0.2) is 42.0 Å². The Hall–Kier alpha value is -3.12. The number of H-pyrrole nitrogens is 1. The van der Waals surface area contributed by atoms with Crippen LogP contribution in [0.2, 0.25) is 0 Å². The standard InChI is InChI=1S/C21H24N4O2S.C2HF3O2/c26-19(11-15-13-23-18-4-2-1-3-17(15)18)25-8-5-21(6-9-25)12-16(14-27-21)24-20-22-7-10-28-20;3-2(4,5)1(6)7/h1-4,7,10,13,16,23H,5-6,8-9,11-12,14H2,(H,22,24);(H,6,7). The number of ether oxygens (including phenoxy) is 1. The zero-order chi connectivity index (χ0) is 25.1. The lowest BCUT2D eigenvalue weighted by Gasteiger charge is -2.38. The highest BCUT2D eigenvalue weighted by molar-refractivity contribution is 7.13. The van der Waals surface area contributed by atoms with Crippen molar-refractivity contribution in [3.05, 3.63) is 47.6 Å². The summed E-state index contributed by atoms with van der Waals surface area (Å²) in [6, 6.07) is 8.44. The van der Waals surface area contributed by atoms with Gasteiger partial charge >= 0.3 is 12.1 Å². The van der Waals surface area contributed by atoms with Crippen LogP contribution in [0.1, 0.15) is 24.8 Å². The Morgan fingerprint density at radius 2 is 2.00 bits per heavy atom. The number of rotatable bonds is 4. The van der Waals surface area contributed by atoms with E-state index in [9.17, 15) is 18.0 Å². The number of carboxylic acids is 1. The Morgan fingerprint density at radius 1 is 1.29 bits per heavy atom. The summed E-state index contributed by atoms with van der Waals surface area (Å²) in [6.45, 7) is 2.25. The molecule has 5 rings (SSSR count). The van der Waals surface area contributed by atoms with Crippen LogP contribution >= 0.6 is 11.3 Å². The summed E-state index contributed by atoms with van der Waals surface area (Å²) < 4.78 is 37.9. The molecule has 1 aromatic carbocycles. The average Bonchev–Trinajstić information content (AvgIpc) is 3.56. The van der Waals surface area contributed by atoms with Crippen LogP contribution in [-0.2, 0) is 20.7 Å². The molecule has 0 radical (unpaired) electrons. The van der Waals surface area contributed by atoms with E-state index in [1.54, 1.807) is 11.3 Å². The molecule has 0 bridgehead atoms. The van der Waals surface area contributed by atoms with Crippen molar-refractivity contribution in [1.82, 2.24) is 14.9 Å². The number of aliphatic carboxylic acids is 1. The largest absolute Gasteiger partial charge is 0.490 e. The number of fused-ring (bicyclic) bond motifs is 1. The second-order valence-corrected chi connectivity index (χ2v) is 9.49. The van der Waals surface area contributed by atoms with E-state index in [0.717, 1.165) is 53.9 Å². The number of nitrogens with one attached hydrogen (secondary N) is 2. The Morgan fingerprint density at radius 3 is 2.66 bits per heavy atom. The SMILES string of the molecule is O=C(Cc1c[nH]c2ccccc12)N1CCC2(CC1)CC(Nc1nccs1)CO2.O=C(O)C(F)(F)F. The first-order valence-corrected chi connectivity index (χ1v) is 12.0. The number of likely N-dealkylation sites (tertiary alicyclic amines) is 1. The van der Waals surface area contributed by atoms with Gasteiger partial charge in [0.1, 0.15) is 0 Å². The third kappa shape index (κ3) is 6.12. The van der Waals surface area contributed by atoms with Crippen molar-refractivity contribution in [2.75, 3.05) is 25.0 Å². The monoisotopic (exact) mass is 510 g/mol. The van der Waals surface area contributed by atoms with Crippen LogP contribution in [0.25, 0.3) is 10.9 Å². The Bertz CT molecular complexity index is 1160. The summed E-state index contributed by atoms with van der Waals surface area (Å²) in [7, 11) is 0. The molecule has 2 aromatic heterocycles. The number of anilines is 1. The molecule has 0 saturated carbocycles. The zero-order valence-electron chi connectivity index (χ0n) is 18.7. The minimum Gasteiger partial charge on any atom is -0.475 e. The molecule has 0 aliphatic carbocycles. The topological polar surface area (TPSA) is 108 Å². The van der Waals surface area contributed by atoms with E-state index in [2.05, 4.69) is 21.4 Å². The van der Waals surface area contributed by atoms with Crippen molar-refractivity contribution >= 4 is 39.2 Å². The van der Waals surface area contributed by atoms with Gasteiger partial charge in [0.2, 0.25) is 5.91 Å². The fraction of sp³-hybridized carbons (Fsp3) is 0.435. The van der Waals surface area contributed by atoms with Crippen LogP contribution in [0, 0.1) is 0 Å². The molecule has 3 aromatic rings. The van der Waals surface area contributed by atoms with Gasteiger partial charge in [-0.15, -0.1) is 11.3 Å². The van der Waals surface area contributed by atoms with Gasteiger partial charge in [-0.05, 0) is 30.9 Å². The first-order chi connectivity index (χ1) is 16.7. The number of aromatic nitrogens is 2. The third-order valence-corrected chi connectivity index (χ3v) is 6.96. The predicted molar refractivity (Wildman–Crippen MR) is 124 cm³/mol. The molecule has 1 spiro atoms. The van der Waals surface area contributed by atoms with Crippen LogP contribution in [-0.4, -0.2) is 69.4 Å². The Kier molecular flexibility index (Phi) is 7.31. The Balaban J connectivity index is 0.000000364. The minimum absolute atomic E-state index is 0.0908. The maximum atomic E-state index is 12.8. The highest BCUT2D eigenvalue weighted by atomic mass is 32.1. The molecule has 2 aliphatic heterocycles. The fourth-order valence-corrected chi connectivity index (χ4v) is 5.08. The number of aromatic amines is 1. The highest BCUT2D eigenvalue weighted by Gasteiger charge is 2.43. The molecule has 4 heterocycles. The second-order valence-electron chi connectivity index (χ2n) is 8.60. The van der Waals surface area contributed by atoms with Crippen molar-refractivity contribution in [1.29, 1.82) is 0 Å². The van der Waals surface area contributed by atoms with Gasteiger partial charge in [-0.25, -0.2) is 9.78 Å². The number of benzene rings is 1. The highest BCUT2D eigenvalue weighted by Crippen LogP contribution is 2.37. The number of nitrogens with zero attached hydrogens (tertiary/aromatic N) is 2. The first kappa shape index (κ1) is 25.0. The van der Waals surface area contributed by atoms with Gasteiger partial charge in [-0.1, -0.05) is 18.2 Å². The van der Waals surface area contributed by atoms with Crippen molar-refractivity contribution in [3.63, 3.8) is 0 Å². The first-order valence-electron chi connectivity index (χ1n) is 11.1. The smallest absolute Gasteiger partial charge is 0.475 e. The molecule has 35 heavy (non-hydrogen) atoms. The van der Waals surface area contributed by atoms with E-state index in [-0.39, 0.29) is 11.5 Å². The molecule has 12 heteroatoms. The summed E-state index contributed by atoms with van der Waals surface area (Å²) in [5.74, 6) is -2.55. The van der Waals surface area contributed by atoms with Crippen LogP contribution in [0.4, 0.5) is 18.3 Å². The second kappa shape index (κ2) is 10.2. The minimum atomic E-state index is -5.08. The lowest BCUT2D eigenvalue weighted by atomic mass is 9.87. The predicted octanol–water partition coefficient (Wildman–Crippen LogP) is 4.06. The van der Waals surface area contributed by atoms with Crippen molar-refractivity contribution in [3.8, 4) is 0 Å². The lowest BCUT2D eigenvalue weighted by Crippen LogP contribution is -2.47. The number of amides is 1. The summed E-state index contributed by atoms with van der Waals surface area (Å²) in [4.78, 5) is 31.3. The van der Waals surface area contributed by atoms with E-state index in [1.807, 2.05) is 40.9 Å². The number of halogens is 3. The van der Waals surface area contributed by atoms with Gasteiger partial charge in [-0.2, -0.15) is 13.2 Å². The average molecular weight is 511 g/mol. The lowest BCUT2D eigenvalue weighted by molar-refractivity contribution is -0.192. The molecule has 188 valence electrons. The van der Waals surface area contributed by atoms with Crippen LogP contribution in [0.3, 0.4) is 0 Å². The molecule has 2 saturated heterocycles. The number of thiazole rings is 1. The van der Waals surface area contributed by atoms with Crippen molar-refractivity contribution in [2.45, 2.75) is 43.5 Å². The molecule has 2 aliphatic rings.